The molecule has 0 bridgehead atoms. The third-order valence-electron chi connectivity index (χ3n) is 8.54. The molecule has 0 unspecified atom stereocenters. The van der Waals surface area contributed by atoms with Gasteiger partial charge in [0, 0.05) is 48.3 Å². The Bertz CT molecular complexity index is 3170. The van der Waals surface area contributed by atoms with E-state index in [-0.39, 0.29) is 32.9 Å². The van der Waals surface area contributed by atoms with E-state index >= 15 is 0 Å². The van der Waals surface area contributed by atoms with Crippen LogP contribution < -0.4 is 0 Å². The number of alkyl halides is 6. The lowest BCUT2D eigenvalue weighted by Crippen LogP contribution is -2.12. The highest BCUT2D eigenvalue weighted by Crippen LogP contribution is 2.38. The van der Waals surface area contributed by atoms with E-state index in [0.717, 1.165) is 27.8 Å². The highest BCUT2D eigenvalue weighted by atomic mass is 35.7. The lowest BCUT2D eigenvalue weighted by molar-refractivity contribution is -0.143. The Morgan fingerprint density at radius 2 is 0.667 bits per heavy atom. The Hall–Kier alpha value is -4.92. The second-order valence-corrected chi connectivity index (χ2v) is 23.4. The third-order valence-corrected chi connectivity index (χ3v) is 14.0. The lowest BCUT2D eigenvalue weighted by atomic mass is 10.1. The van der Waals surface area contributed by atoms with Crippen molar-refractivity contribution in [3.05, 3.63) is 193 Å². The largest absolute Gasteiger partial charge is 0.416 e. The average molecular weight is 1070 g/mol. The fourth-order valence-electron chi connectivity index (χ4n) is 5.50. The van der Waals surface area contributed by atoms with Gasteiger partial charge in [-0.15, -0.1) is 0 Å². The Balaban J connectivity index is 0.000000193. The molecule has 0 spiro atoms. The summed E-state index contributed by atoms with van der Waals surface area (Å²) in [7, 11) is 4.95. The number of benzene rings is 7. The van der Waals surface area contributed by atoms with E-state index in [1.807, 2.05) is 97.1 Å². The maximum absolute atomic E-state index is 12.3. The van der Waals surface area contributed by atoms with Crippen molar-refractivity contribution in [2.75, 3.05) is 0 Å². The Labute approximate surface area is 394 Å². The number of rotatable bonds is 7. The van der Waals surface area contributed by atoms with Crippen LogP contribution in [0.25, 0.3) is 33.4 Å². The van der Waals surface area contributed by atoms with E-state index in [0.29, 0.717) is 5.56 Å². The summed E-state index contributed by atoms with van der Waals surface area (Å²) in [5.74, 6) is 0. The third kappa shape index (κ3) is 16.4. The monoisotopic (exact) mass is 1070 g/mol. The van der Waals surface area contributed by atoms with Gasteiger partial charge in [0.15, 0.2) is 0 Å². The fraction of sp³-hybridized carbons (Fsp3) is 0.0455. The van der Waals surface area contributed by atoms with Crippen LogP contribution in [0.2, 0.25) is 0 Å². The minimum atomic E-state index is -5.11. The van der Waals surface area contributed by atoms with Crippen molar-refractivity contribution in [3.63, 3.8) is 0 Å². The van der Waals surface area contributed by atoms with Crippen molar-refractivity contribution in [1.29, 1.82) is 0 Å². The molecule has 0 saturated heterocycles. The molecular formula is C44H30Cl4F6O8S4. The number of halogens is 10. The molecule has 8 nitrogen and oxygen atoms in total. The minimum absolute atomic E-state index is 0.0393. The van der Waals surface area contributed by atoms with Crippen molar-refractivity contribution >= 4 is 78.9 Å². The molecule has 0 atom stereocenters. The Kier molecular flexibility index (Phi) is 18.1. The summed E-state index contributed by atoms with van der Waals surface area (Å²) in [6, 6.07) is 48.2. The van der Waals surface area contributed by atoms with Crippen LogP contribution in [0.1, 0.15) is 11.1 Å². The molecule has 7 aromatic rings. The van der Waals surface area contributed by atoms with Crippen molar-refractivity contribution in [2.45, 2.75) is 31.9 Å². The molecule has 0 amide bonds. The molecule has 0 aliphatic rings. The molecule has 7 rings (SSSR count). The van der Waals surface area contributed by atoms with Gasteiger partial charge in [0.1, 0.15) is 0 Å². The molecule has 66 heavy (non-hydrogen) atoms. The van der Waals surface area contributed by atoms with Crippen LogP contribution >= 0.6 is 42.7 Å². The molecule has 0 radical (unpaired) electrons. The van der Waals surface area contributed by atoms with Crippen LogP contribution in [0.3, 0.4) is 0 Å². The highest BCUT2D eigenvalue weighted by molar-refractivity contribution is 8.14. The van der Waals surface area contributed by atoms with E-state index in [2.05, 4.69) is 0 Å². The van der Waals surface area contributed by atoms with E-state index in [1.165, 1.54) is 24.3 Å². The predicted octanol–water partition coefficient (Wildman–Crippen LogP) is 13.5. The molecule has 0 aromatic heterocycles. The van der Waals surface area contributed by atoms with Crippen molar-refractivity contribution in [1.82, 2.24) is 0 Å². The van der Waals surface area contributed by atoms with Crippen molar-refractivity contribution in [3.8, 4) is 33.4 Å². The topological polar surface area (TPSA) is 137 Å². The van der Waals surface area contributed by atoms with Gasteiger partial charge >= 0.3 is 12.4 Å². The molecule has 0 aliphatic carbocycles. The van der Waals surface area contributed by atoms with E-state index in [4.69, 9.17) is 42.7 Å². The second kappa shape index (κ2) is 22.3. The maximum atomic E-state index is 12.3. The first-order chi connectivity index (χ1) is 30.5. The number of hydrogen-bond acceptors (Lipinski definition) is 8. The van der Waals surface area contributed by atoms with Gasteiger partial charge < -0.3 is 0 Å². The molecule has 348 valence electrons. The van der Waals surface area contributed by atoms with E-state index in [9.17, 15) is 60.0 Å². The first kappa shape index (κ1) is 53.7. The molecule has 0 fully saturated rings. The molecule has 0 N–H and O–H groups in total. The lowest BCUT2D eigenvalue weighted by Gasteiger charge is -2.12. The zero-order valence-corrected chi connectivity index (χ0v) is 39.3. The van der Waals surface area contributed by atoms with Gasteiger partial charge in [0.05, 0.1) is 30.7 Å². The molecule has 7 aromatic carbocycles. The first-order valence-electron chi connectivity index (χ1n) is 18.1. The maximum Gasteiger partial charge on any atom is 0.416 e. The van der Waals surface area contributed by atoms with Gasteiger partial charge in [-0.25, -0.2) is 33.7 Å². The van der Waals surface area contributed by atoms with Crippen LogP contribution in [-0.4, -0.2) is 33.7 Å². The van der Waals surface area contributed by atoms with Gasteiger partial charge in [-0.1, -0.05) is 133 Å². The summed E-state index contributed by atoms with van der Waals surface area (Å²) in [4.78, 5) is -0.876. The average Bonchev–Trinajstić information content (AvgIpc) is 3.26. The zero-order valence-electron chi connectivity index (χ0n) is 33.0. The predicted molar refractivity (Wildman–Crippen MR) is 244 cm³/mol. The van der Waals surface area contributed by atoms with Gasteiger partial charge in [-0.3, -0.25) is 0 Å². The molecule has 0 aliphatic heterocycles. The summed E-state index contributed by atoms with van der Waals surface area (Å²) in [6.45, 7) is 0. The van der Waals surface area contributed by atoms with Crippen LogP contribution in [0.4, 0.5) is 26.3 Å². The SMILES string of the molecule is O=S(=O)(Cl)c1cc(C(F)(F)F)cc(C(F)(F)F)c1.O=S(=O)(Cl)c1ccc(-c2ccccc2)cc1.O=S(=O)(Cl)c1cccc(-c2ccccc2)c1.O=S(=O)(Cl)c1ccccc1-c1ccccc1. The van der Waals surface area contributed by atoms with Crippen LogP contribution in [0.15, 0.2) is 202 Å². The summed E-state index contributed by atoms with van der Waals surface area (Å²) < 4.78 is 163. The van der Waals surface area contributed by atoms with Gasteiger partial charge in [-0.2, -0.15) is 26.3 Å². The van der Waals surface area contributed by atoms with Crippen molar-refractivity contribution in [2.24, 2.45) is 0 Å². The van der Waals surface area contributed by atoms with Crippen LogP contribution in [0.5, 0.6) is 0 Å². The summed E-state index contributed by atoms with van der Waals surface area (Å²) >= 11 is 0. The second-order valence-electron chi connectivity index (χ2n) is 13.1. The zero-order chi connectivity index (χ0) is 49.1. The minimum Gasteiger partial charge on any atom is -0.207 e. The summed E-state index contributed by atoms with van der Waals surface area (Å²) in [5.41, 5.74) is 1.78. The van der Waals surface area contributed by atoms with Crippen molar-refractivity contribution < 1.29 is 60.0 Å². The molecule has 0 heterocycles. The number of hydrogen-bond donors (Lipinski definition) is 0. The molecule has 22 heteroatoms. The fourth-order valence-corrected chi connectivity index (χ4v) is 8.96. The van der Waals surface area contributed by atoms with Crippen LogP contribution in [-0.2, 0) is 48.6 Å². The Morgan fingerprint density at radius 1 is 0.303 bits per heavy atom. The van der Waals surface area contributed by atoms with Crippen LogP contribution in [0, 0.1) is 0 Å². The van der Waals surface area contributed by atoms with Gasteiger partial charge in [-0.05, 0) is 76.3 Å². The quantitative estimate of drug-likeness (QED) is 0.114. The molecular weight excluding hydrogens is 1040 g/mol. The Morgan fingerprint density at radius 3 is 1.08 bits per heavy atom. The highest BCUT2D eigenvalue weighted by Gasteiger charge is 2.38. The normalized spacial score (nSPS) is 12.0. The molecule has 0 saturated carbocycles. The smallest absolute Gasteiger partial charge is 0.207 e. The van der Waals surface area contributed by atoms with Gasteiger partial charge in [0.25, 0.3) is 36.2 Å². The van der Waals surface area contributed by atoms with E-state index < -0.39 is 64.6 Å². The first-order valence-corrected chi connectivity index (χ1v) is 27.3. The van der Waals surface area contributed by atoms with Gasteiger partial charge in [0.2, 0.25) is 0 Å². The standard InChI is InChI=1S/3C12H9ClO2S.C8H3ClF6O2S/c13-16(14,15)12-9-5-4-8-11(12)10-6-2-1-3-7-10;13-16(14,15)12-8-4-7-11(9-12)10-5-2-1-3-6-10;13-16(14,15)12-8-6-11(7-9-12)10-4-2-1-3-5-10;9-18(16,17)6-2-4(7(10,11)12)1-5(3-6)8(13,14)15/h3*1-9H;1-3H. The summed E-state index contributed by atoms with van der Waals surface area (Å²) in [6.07, 6.45) is -10.2. The summed E-state index contributed by atoms with van der Waals surface area (Å²) in [5, 5.41) is 0. The van der Waals surface area contributed by atoms with E-state index in [1.54, 1.807) is 42.5 Å².